The Balaban J connectivity index is 2.25. The first kappa shape index (κ1) is 20.0. The third-order valence-electron chi connectivity index (χ3n) is 3.72. The maximum Gasteiger partial charge on any atom is 0.244 e. The molecule has 0 aliphatic rings. The van der Waals surface area contributed by atoms with Gasteiger partial charge in [-0.05, 0) is 38.1 Å². The molecule has 2 unspecified atom stereocenters. The lowest BCUT2D eigenvalue weighted by Crippen LogP contribution is -2.34. The van der Waals surface area contributed by atoms with Crippen LogP contribution >= 0.6 is 0 Å². The van der Waals surface area contributed by atoms with E-state index in [1.54, 1.807) is 6.92 Å². The van der Waals surface area contributed by atoms with Crippen molar-refractivity contribution >= 4 is 20.0 Å². The number of H-pyrrole nitrogens is 1. The molecule has 0 radical (unpaired) electrons. The van der Waals surface area contributed by atoms with Crippen molar-refractivity contribution in [1.29, 1.82) is 5.26 Å². The molecule has 26 heavy (non-hydrogen) atoms. The van der Waals surface area contributed by atoms with E-state index in [1.165, 1.54) is 44.6 Å². The first-order valence-corrected chi connectivity index (χ1v) is 10.4. The number of rotatable bonds is 7. The molecule has 2 atom stereocenters. The van der Waals surface area contributed by atoms with Crippen LogP contribution in [0.25, 0.3) is 0 Å². The summed E-state index contributed by atoms with van der Waals surface area (Å²) in [6.45, 7) is 3.04. The molecular formula is C14H18N6O4S2. The average molecular weight is 398 g/mol. The second-order valence-electron chi connectivity index (χ2n) is 5.51. The van der Waals surface area contributed by atoms with E-state index >= 15 is 0 Å². The Bertz CT molecular complexity index is 995. The van der Waals surface area contributed by atoms with Crippen LogP contribution in [0.5, 0.6) is 0 Å². The lowest BCUT2D eigenvalue weighted by molar-refractivity contribution is 0.442. The fourth-order valence-electron chi connectivity index (χ4n) is 2.03. The average Bonchev–Trinajstić information content (AvgIpc) is 3.15. The highest BCUT2D eigenvalue weighted by Crippen LogP contribution is 2.20. The summed E-state index contributed by atoms with van der Waals surface area (Å²) in [4.78, 5) is 3.67. The quantitative estimate of drug-likeness (QED) is 0.684. The zero-order valence-electron chi connectivity index (χ0n) is 14.3. The summed E-state index contributed by atoms with van der Waals surface area (Å²) in [6.07, 6.45) is 1.26. The van der Waals surface area contributed by atoms with Gasteiger partial charge in [0.15, 0.2) is 0 Å². The van der Waals surface area contributed by atoms with E-state index in [1.807, 2.05) is 6.07 Å². The fraction of sp³-hybridized carbons (Fsp3) is 0.357. The van der Waals surface area contributed by atoms with Crippen LogP contribution in [0, 0.1) is 11.3 Å². The molecule has 2 aromatic rings. The van der Waals surface area contributed by atoms with E-state index in [-0.39, 0.29) is 9.79 Å². The maximum absolute atomic E-state index is 12.4. The summed E-state index contributed by atoms with van der Waals surface area (Å²) in [5.41, 5.74) is 0. The van der Waals surface area contributed by atoms with Crippen LogP contribution in [0.4, 0.5) is 0 Å². The monoisotopic (exact) mass is 398 g/mol. The second kappa shape index (κ2) is 7.50. The van der Waals surface area contributed by atoms with Gasteiger partial charge >= 0.3 is 0 Å². The fourth-order valence-corrected chi connectivity index (χ4v) is 4.51. The third-order valence-corrected chi connectivity index (χ3v) is 7.22. The number of aromatic amines is 1. The number of nitriles is 1. The minimum Gasteiger partial charge on any atom is -0.262 e. The highest BCUT2D eigenvalue weighted by Gasteiger charge is 2.26. The summed E-state index contributed by atoms with van der Waals surface area (Å²) in [6, 6.07) is 5.08. The number of hydrogen-bond acceptors (Lipinski definition) is 7. The molecule has 1 aromatic heterocycles. The van der Waals surface area contributed by atoms with Crippen LogP contribution in [0.15, 0.2) is 40.4 Å². The van der Waals surface area contributed by atoms with Crippen molar-refractivity contribution in [2.24, 2.45) is 0 Å². The van der Waals surface area contributed by atoms with Crippen LogP contribution in [-0.4, -0.2) is 49.4 Å². The zero-order valence-corrected chi connectivity index (χ0v) is 15.9. The van der Waals surface area contributed by atoms with Gasteiger partial charge in [0.1, 0.15) is 18.2 Å². The first-order valence-electron chi connectivity index (χ1n) is 7.45. The highest BCUT2D eigenvalue weighted by atomic mass is 32.2. The molecule has 0 aliphatic heterocycles. The highest BCUT2D eigenvalue weighted by molar-refractivity contribution is 7.89. The predicted octanol–water partition coefficient (Wildman–Crippen LogP) is 0.377. The van der Waals surface area contributed by atoms with E-state index in [0.29, 0.717) is 5.82 Å². The number of nitrogens with zero attached hydrogens (tertiary/aromatic N) is 4. The molecule has 1 aromatic carbocycles. The second-order valence-corrected chi connectivity index (χ2v) is 9.22. The van der Waals surface area contributed by atoms with Gasteiger partial charge < -0.3 is 0 Å². The molecule has 2 rings (SSSR count). The largest absolute Gasteiger partial charge is 0.262 e. The summed E-state index contributed by atoms with van der Waals surface area (Å²) in [5.74, 6) is 0.347. The maximum atomic E-state index is 12.4. The zero-order chi connectivity index (χ0) is 19.5. The summed E-state index contributed by atoms with van der Waals surface area (Å²) < 4.78 is 53.0. The van der Waals surface area contributed by atoms with Gasteiger partial charge in [-0.2, -0.15) is 14.7 Å². The van der Waals surface area contributed by atoms with Gasteiger partial charge in [0.05, 0.1) is 21.9 Å². The Morgan fingerprint density at radius 3 is 2.23 bits per heavy atom. The molecule has 140 valence electrons. The Hall–Kier alpha value is -2.33. The smallest absolute Gasteiger partial charge is 0.244 e. The third kappa shape index (κ3) is 4.07. The molecule has 0 amide bonds. The predicted molar refractivity (Wildman–Crippen MR) is 91.6 cm³/mol. The summed E-state index contributed by atoms with van der Waals surface area (Å²) >= 11 is 0. The Kier molecular flexibility index (Phi) is 5.77. The van der Waals surface area contributed by atoms with E-state index in [2.05, 4.69) is 19.9 Å². The molecule has 12 heteroatoms. The summed E-state index contributed by atoms with van der Waals surface area (Å²) in [7, 11) is -6.50. The molecule has 0 spiro atoms. The van der Waals surface area contributed by atoms with Gasteiger partial charge in [0, 0.05) is 7.05 Å². The molecule has 0 bridgehead atoms. The Morgan fingerprint density at radius 2 is 1.73 bits per heavy atom. The van der Waals surface area contributed by atoms with Gasteiger partial charge in [-0.1, -0.05) is 0 Å². The lowest BCUT2D eigenvalue weighted by atomic mass is 10.3. The number of hydrogen-bond donors (Lipinski definition) is 2. The first-order chi connectivity index (χ1) is 12.1. The topological polar surface area (TPSA) is 149 Å². The molecule has 0 saturated heterocycles. The van der Waals surface area contributed by atoms with E-state index in [9.17, 15) is 16.8 Å². The van der Waals surface area contributed by atoms with Gasteiger partial charge in [0.25, 0.3) is 0 Å². The van der Waals surface area contributed by atoms with Crippen molar-refractivity contribution in [1.82, 2.24) is 24.2 Å². The number of benzene rings is 1. The van der Waals surface area contributed by atoms with Crippen molar-refractivity contribution in [3.63, 3.8) is 0 Å². The molecule has 0 fully saturated rings. The van der Waals surface area contributed by atoms with Crippen LogP contribution in [0.2, 0.25) is 0 Å². The van der Waals surface area contributed by atoms with Crippen LogP contribution in [0.1, 0.15) is 25.7 Å². The number of nitrogens with one attached hydrogen (secondary N) is 2. The summed E-state index contributed by atoms with van der Waals surface area (Å²) in [5, 5.41) is 15.1. The molecule has 2 N–H and O–H groups in total. The molecule has 10 nitrogen and oxygen atoms in total. The van der Waals surface area contributed by atoms with Crippen molar-refractivity contribution in [2.75, 3.05) is 7.05 Å². The van der Waals surface area contributed by atoms with Crippen LogP contribution in [-0.2, 0) is 20.0 Å². The SMILES string of the molecule is CC(NS(=O)(=O)c1ccc(S(=O)(=O)N(C)C(C)C#N)cc1)c1ncn[nH]1. The van der Waals surface area contributed by atoms with Gasteiger partial charge in [0.2, 0.25) is 20.0 Å². The van der Waals surface area contributed by atoms with Crippen molar-refractivity contribution < 1.29 is 16.8 Å². The van der Waals surface area contributed by atoms with Gasteiger partial charge in [-0.15, -0.1) is 0 Å². The van der Waals surface area contributed by atoms with Crippen molar-refractivity contribution in [3.05, 3.63) is 36.4 Å². The molecule has 1 heterocycles. The van der Waals surface area contributed by atoms with E-state index < -0.39 is 32.1 Å². The minimum atomic E-state index is -3.90. The number of sulfonamides is 2. The molecular weight excluding hydrogens is 380 g/mol. The Morgan fingerprint density at radius 1 is 1.15 bits per heavy atom. The van der Waals surface area contributed by atoms with Gasteiger partial charge in [-0.3, -0.25) is 5.10 Å². The van der Waals surface area contributed by atoms with Crippen LogP contribution < -0.4 is 4.72 Å². The van der Waals surface area contributed by atoms with E-state index in [4.69, 9.17) is 5.26 Å². The molecule has 0 aliphatic carbocycles. The number of aromatic nitrogens is 3. The minimum absolute atomic E-state index is 0.0983. The normalized spacial score (nSPS) is 14.7. The van der Waals surface area contributed by atoms with Gasteiger partial charge in [-0.25, -0.2) is 26.5 Å². The van der Waals surface area contributed by atoms with Crippen molar-refractivity contribution in [2.45, 2.75) is 35.7 Å². The molecule has 0 saturated carbocycles. The lowest BCUT2D eigenvalue weighted by Gasteiger charge is -2.19. The van der Waals surface area contributed by atoms with Crippen LogP contribution in [0.3, 0.4) is 0 Å². The van der Waals surface area contributed by atoms with Crippen molar-refractivity contribution in [3.8, 4) is 6.07 Å². The Labute approximate surface area is 152 Å². The standard InChI is InChI=1S/C14H18N6O4S2/c1-10(8-15)20(3)26(23,24)13-6-4-12(5-7-13)25(21,22)19-11(2)14-16-9-17-18-14/h4-7,9-11,19H,1-3H3,(H,16,17,18). The van der Waals surface area contributed by atoms with E-state index in [0.717, 1.165) is 4.31 Å².